The van der Waals surface area contributed by atoms with Gasteiger partial charge >= 0.3 is 12.1 Å². The maximum Gasteiger partial charge on any atom is 0.416 e. The zero-order chi connectivity index (χ0) is 19.2. The van der Waals surface area contributed by atoms with Crippen LogP contribution in [-0.4, -0.2) is 18.5 Å². The number of alkyl halides is 3. The summed E-state index contributed by atoms with van der Waals surface area (Å²) < 4.78 is 42.8. The summed E-state index contributed by atoms with van der Waals surface area (Å²) in [5.74, 6) is -1.07. The fourth-order valence-electron chi connectivity index (χ4n) is 2.13. The molecule has 2 aromatic rings. The summed E-state index contributed by atoms with van der Waals surface area (Å²) in [6.07, 6.45) is -2.80. The second-order valence-electron chi connectivity index (χ2n) is 5.60. The van der Waals surface area contributed by atoms with Crippen molar-refractivity contribution in [2.45, 2.75) is 25.9 Å². The standard InChI is InChI=1S/C19H18F3NO3/c1-2-3-11-26-18(25)14-5-4-6-16(12-14)23-17(24)13-7-9-15(10-8-13)19(20,21)22/h4-10,12H,2-3,11H2,1H3,(H,23,24). The molecule has 0 bridgehead atoms. The van der Waals surface area contributed by atoms with Crippen LogP contribution in [0, 0.1) is 0 Å². The highest BCUT2D eigenvalue weighted by Crippen LogP contribution is 2.29. The van der Waals surface area contributed by atoms with E-state index in [0.717, 1.165) is 37.1 Å². The van der Waals surface area contributed by atoms with Crippen LogP contribution in [0.2, 0.25) is 0 Å². The number of carbonyl (C=O) groups is 2. The average Bonchev–Trinajstić information content (AvgIpc) is 2.61. The van der Waals surface area contributed by atoms with Crippen LogP contribution in [0.3, 0.4) is 0 Å². The van der Waals surface area contributed by atoms with Gasteiger partial charge in [0.05, 0.1) is 17.7 Å². The fraction of sp³-hybridized carbons (Fsp3) is 0.263. The van der Waals surface area contributed by atoms with E-state index in [0.29, 0.717) is 12.3 Å². The molecule has 1 amide bonds. The molecule has 0 aliphatic carbocycles. The number of rotatable bonds is 6. The van der Waals surface area contributed by atoms with E-state index in [2.05, 4.69) is 5.32 Å². The van der Waals surface area contributed by atoms with Gasteiger partial charge in [-0.05, 0) is 48.9 Å². The Hall–Kier alpha value is -2.83. The molecule has 26 heavy (non-hydrogen) atoms. The number of esters is 1. The number of hydrogen-bond acceptors (Lipinski definition) is 3. The van der Waals surface area contributed by atoms with Crippen LogP contribution in [-0.2, 0) is 10.9 Å². The SMILES string of the molecule is CCCCOC(=O)c1cccc(NC(=O)c2ccc(C(F)(F)F)cc2)c1. The smallest absolute Gasteiger partial charge is 0.416 e. The van der Waals surface area contributed by atoms with Gasteiger partial charge in [-0.1, -0.05) is 19.4 Å². The van der Waals surface area contributed by atoms with Crippen molar-refractivity contribution in [2.75, 3.05) is 11.9 Å². The summed E-state index contributed by atoms with van der Waals surface area (Å²) in [4.78, 5) is 24.1. The van der Waals surface area contributed by atoms with E-state index in [1.165, 1.54) is 6.07 Å². The molecule has 0 spiro atoms. The van der Waals surface area contributed by atoms with Crippen LogP contribution in [0.25, 0.3) is 0 Å². The quantitative estimate of drug-likeness (QED) is 0.584. The lowest BCUT2D eigenvalue weighted by Gasteiger charge is -2.09. The number of ether oxygens (including phenoxy) is 1. The normalized spacial score (nSPS) is 11.1. The molecular formula is C19H18F3NO3. The molecule has 0 aliphatic rings. The van der Waals surface area contributed by atoms with Crippen molar-refractivity contribution in [3.8, 4) is 0 Å². The molecule has 0 saturated carbocycles. The number of halogens is 3. The van der Waals surface area contributed by atoms with Crippen LogP contribution >= 0.6 is 0 Å². The summed E-state index contributed by atoms with van der Waals surface area (Å²) in [6.45, 7) is 2.29. The summed E-state index contributed by atoms with van der Waals surface area (Å²) in [5, 5.41) is 2.55. The highest BCUT2D eigenvalue weighted by atomic mass is 19.4. The summed E-state index contributed by atoms with van der Waals surface area (Å²) in [6, 6.07) is 10.1. The van der Waals surface area contributed by atoms with Crippen LogP contribution in [0.1, 0.15) is 46.0 Å². The molecule has 2 rings (SSSR count). The number of unbranched alkanes of at least 4 members (excludes halogenated alkanes) is 1. The van der Waals surface area contributed by atoms with Gasteiger partial charge in [-0.2, -0.15) is 13.2 Å². The first-order chi connectivity index (χ1) is 12.3. The molecule has 0 aliphatic heterocycles. The van der Waals surface area contributed by atoms with Crippen molar-refractivity contribution in [3.63, 3.8) is 0 Å². The molecule has 0 heterocycles. The topological polar surface area (TPSA) is 55.4 Å². The van der Waals surface area contributed by atoms with Gasteiger partial charge in [0.1, 0.15) is 0 Å². The zero-order valence-corrected chi connectivity index (χ0v) is 14.1. The Morgan fingerprint density at radius 3 is 2.35 bits per heavy atom. The minimum Gasteiger partial charge on any atom is -0.462 e. The van der Waals surface area contributed by atoms with Crippen molar-refractivity contribution in [1.29, 1.82) is 0 Å². The molecular weight excluding hydrogens is 347 g/mol. The number of benzene rings is 2. The lowest BCUT2D eigenvalue weighted by atomic mass is 10.1. The molecule has 138 valence electrons. The number of carbonyl (C=O) groups excluding carboxylic acids is 2. The molecule has 1 N–H and O–H groups in total. The number of hydrogen-bond donors (Lipinski definition) is 1. The number of anilines is 1. The van der Waals surface area contributed by atoms with Gasteiger partial charge in [0.15, 0.2) is 0 Å². The first-order valence-corrected chi connectivity index (χ1v) is 8.07. The molecule has 4 nitrogen and oxygen atoms in total. The predicted octanol–water partition coefficient (Wildman–Crippen LogP) is 4.91. The van der Waals surface area contributed by atoms with E-state index in [9.17, 15) is 22.8 Å². The third-order valence-electron chi connectivity index (χ3n) is 3.56. The fourth-order valence-corrected chi connectivity index (χ4v) is 2.13. The summed E-state index contributed by atoms with van der Waals surface area (Å²) in [7, 11) is 0. The van der Waals surface area contributed by atoms with Gasteiger partial charge in [0, 0.05) is 11.3 Å². The Balaban J connectivity index is 2.05. The lowest BCUT2D eigenvalue weighted by molar-refractivity contribution is -0.137. The lowest BCUT2D eigenvalue weighted by Crippen LogP contribution is -2.13. The van der Waals surface area contributed by atoms with E-state index in [4.69, 9.17) is 4.74 Å². The van der Waals surface area contributed by atoms with Gasteiger partial charge in [-0.25, -0.2) is 4.79 Å². The molecule has 0 saturated heterocycles. The highest BCUT2D eigenvalue weighted by molar-refractivity contribution is 6.04. The van der Waals surface area contributed by atoms with Crippen molar-refractivity contribution in [3.05, 3.63) is 65.2 Å². The highest BCUT2D eigenvalue weighted by Gasteiger charge is 2.30. The third kappa shape index (κ3) is 5.34. The van der Waals surface area contributed by atoms with Gasteiger partial charge in [-0.15, -0.1) is 0 Å². The summed E-state index contributed by atoms with van der Waals surface area (Å²) in [5.41, 5.74) is -0.119. The predicted molar refractivity (Wildman–Crippen MR) is 91.0 cm³/mol. The Morgan fingerprint density at radius 2 is 1.73 bits per heavy atom. The van der Waals surface area contributed by atoms with Crippen LogP contribution in [0.15, 0.2) is 48.5 Å². The average molecular weight is 365 g/mol. The van der Waals surface area contributed by atoms with Crippen molar-refractivity contribution < 1.29 is 27.5 Å². The molecule has 7 heteroatoms. The molecule has 2 aromatic carbocycles. The maximum absolute atomic E-state index is 12.6. The molecule has 0 radical (unpaired) electrons. The molecule has 0 unspecified atom stereocenters. The van der Waals surface area contributed by atoms with Gasteiger partial charge in [0.25, 0.3) is 5.91 Å². The van der Waals surface area contributed by atoms with E-state index >= 15 is 0 Å². The largest absolute Gasteiger partial charge is 0.462 e. The Kier molecular flexibility index (Phi) is 6.38. The van der Waals surface area contributed by atoms with Crippen molar-refractivity contribution in [2.24, 2.45) is 0 Å². The van der Waals surface area contributed by atoms with Gasteiger partial charge < -0.3 is 10.1 Å². The minimum atomic E-state index is -4.46. The van der Waals surface area contributed by atoms with E-state index < -0.39 is 23.6 Å². The second kappa shape index (κ2) is 8.51. The molecule has 0 aromatic heterocycles. The molecule has 0 fully saturated rings. The number of nitrogens with one attached hydrogen (secondary N) is 1. The van der Waals surface area contributed by atoms with Crippen LogP contribution in [0.5, 0.6) is 0 Å². The van der Waals surface area contributed by atoms with E-state index in [1.807, 2.05) is 6.92 Å². The van der Waals surface area contributed by atoms with Crippen LogP contribution < -0.4 is 5.32 Å². The summed E-state index contributed by atoms with van der Waals surface area (Å²) >= 11 is 0. The molecule has 0 atom stereocenters. The third-order valence-corrected chi connectivity index (χ3v) is 3.56. The van der Waals surface area contributed by atoms with Gasteiger partial charge in [0.2, 0.25) is 0 Å². The van der Waals surface area contributed by atoms with E-state index in [-0.39, 0.29) is 11.1 Å². The number of amides is 1. The van der Waals surface area contributed by atoms with Gasteiger partial charge in [-0.3, -0.25) is 4.79 Å². The minimum absolute atomic E-state index is 0.0777. The Labute approximate surface area is 149 Å². The maximum atomic E-state index is 12.6. The van der Waals surface area contributed by atoms with Crippen molar-refractivity contribution >= 4 is 17.6 Å². The van der Waals surface area contributed by atoms with Crippen molar-refractivity contribution in [1.82, 2.24) is 0 Å². The first-order valence-electron chi connectivity index (χ1n) is 8.07. The monoisotopic (exact) mass is 365 g/mol. The Morgan fingerprint density at radius 1 is 1.04 bits per heavy atom. The van der Waals surface area contributed by atoms with Crippen LogP contribution in [0.4, 0.5) is 18.9 Å². The zero-order valence-electron chi connectivity index (χ0n) is 14.1. The van der Waals surface area contributed by atoms with E-state index in [1.54, 1.807) is 18.2 Å². The Bertz CT molecular complexity index is 770. The second-order valence-corrected chi connectivity index (χ2v) is 5.60. The first kappa shape index (κ1) is 19.5.